The quantitative estimate of drug-likeness (QED) is 0.785. The van der Waals surface area contributed by atoms with E-state index in [4.69, 9.17) is 9.47 Å². The second-order valence-corrected chi connectivity index (χ2v) is 5.71. The minimum Gasteiger partial charge on any atom is -0.497 e. The molecule has 6 heteroatoms. The summed E-state index contributed by atoms with van der Waals surface area (Å²) in [7, 11) is 1.60. The highest BCUT2D eigenvalue weighted by atomic mass is 16.5. The van der Waals surface area contributed by atoms with Gasteiger partial charge in [-0.3, -0.25) is 9.69 Å². The van der Waals surface area contributed by atoms with Crippen LogP contribution < -0.4 is 14.8 Å². The molecule has 130 valence electrons. The Morgan fingerprint density at radius 1 is 1.00 bits per heavy atom. The summed E-state index contributed by atoms with van der Waals surface area (Å²) >= 11 is 0. The van der Waals surface area contributed by atoms with Gasteiger partial charge in [0.1, 0.15) is 24.1 Å². The Labute approximate surface area is 146 Å². The van der Waals surface area contributed by atoms with E-state index in [1.54, 1.807) is 31.4 Å². The summed E-state index contributed by atoms with van der Waals surface area (Å²) in [4.78, 5) is 25.7. The molecule has 0 unspecified atom stereocenters. The molecular weight excluding hydrogens is 320 g/mol. The van der Waals surface area contributed by atoms with Gasteiger partial charge in [-0.05, 0) is 29.8 Å². The lowest BCUT2D eigenvalue weighted by Gasteiger charge is -2.14. The van der Waals surface area contributed by atoms with Crippen LogP contribution in [0.3, 0.4) is 0 Å². The molecule has 6 nitrogen and oxygen atoms in total. The van der Waals surface area contributed by atoms with Crippen LogP contribution in [0.2, 0.25) is 0 Å². The van der Waals surface area contributed by atoms with Gasteiger partial charge < -0.3 is 14.8 Å². The van der Waals surface area contributed by atoms with E-state index in [9.17, 15) is 9.59 Å². The summed E-state index contributed by atoms with van der Waals surface area (Å²) in [6.07, 6.45) is 0.487. The van der Waals surface area contributed by atoms with Crippen LogP contribution >= 0.6 is 0 Å². The number of carbonyl (C=O) groups excluding carboxylic acids is 2. The Hall–Kier alpha value is -3.02. The molecule has 0 radical (unpaired) electrons. The Morgan fingerprint density at radius 2 is 1.68 bits per heavy atom. The highest BCUT2D eigenvalue weighted by Gasteiger charge is 2.37. The molecule has 0 spiro atoms. The molecule has 3 rings (SSSR count). The van der Waals surface area contributed by atoms with E-state index in [0.29, 0.717) is 12.2 Å². The first kappa shape index (κ1) is 16.8. The van der Waals surface area contributed by atoms with E-state index >= 15 is 0 Å². The SMILES string of the molecule is COc1ccc(OCCN2C(=O)N[C@H](Cc3ccccc3)C2=O)cc1. The standard InChI is InChI=1S/C19H20N2O4/c1-24-15-7-9-16(10-8-15)25-12-11-21-18(22)17(20-19(21)23)13-14-5-3-2-4-6-14/h2-10,17H,11-13H2,1H3,(H,20,23)/t17-/m1/s1. The predicted octanol–water partition coefficient (Wildman–Crippen LogP) is 2.24. The van der Waals surface area contributed by atoms with Crippen molar-refractivity contribution in [2.75, 3.05) is 20.3 Å². The summed E-state index contributed by atoms with van der Waals surface area (Å²) in [5, 5.41) is 2.73. The Kier molecular flexibility index (Phi) is 5.18. The van der Waals surface area contributed by atoms with E-state index in [1.165, 1.54) is 4.90 Å². The molecule has 1 N–H and O–H groups in total. The fraction of sp³-hybridized carbons (Fsp3) is 0.263. The molecule has 25 heavy (non-hydrogen) atoms. The van der Waals surface area contributed by atoms with Crippen LogP contribution in [0.15, 0.2) is 54.6 Å². The number of nitrogens with one attached hydrogen (secondary N) is 1. The van der Waals surface area contributed by atoms with E-state index < -0.39 is 6.04 Å². The number of rotatable bonds is 7. The van der Waals surface area contributed by atoms with Gasteiger partial charge in [0, 0.05) is 6.42 Å². The number of benzene rings is 2. The Bertz CT molecular complexity index is 731. The van der Waals surface area contributed by atoms with E-state index in [1.807, 2.05) is 30.3 Å². The molecule has 2 aromatic carbocycles. The lowest BCUT2D eigenvalue weighted by atomic mass is 10.1. The average molecular weight is 340 g/mol. The molecule has 0 saturated carbocycles. The minimum atomic E-state index is -0.518. The first-order valence-electron chi connectivity index (χ1n) is 8.10. The average Bonchev–Trinajstić information content (AvgIpc) is 2.90. The van der Waals surface area contributed by atoms with Crippen molar-refractivity contribution in [1.82, 2.24) is 10.2 Å². The van der Waals surface area contributed by atoms with Gasteiger partial charge in [0.05, 0.1) is 13.7 Å². The molecule has 1 aliphatic rings. The minimum absolute atomic E-state index is 0.210. The Balaban J connectivity index is 1.52. The largest absolute Gasteiger partial charge is 0.497 e. The fourth-order valence-electron chi connectivity index (χ4n) is 2.70. The highest BCUT2D eigenvalue weighted by molar-refractivity contribution is 6.04. The molecular formula is C19H20N2O4. The molecule has 0 bridgehead atoms. The topological polar surface area (TPSA) is 67.9 Å². The zero-order chi connectivity index (χ0) is 17.6. The first-order valence-corrected chi connectivity index (χ1v) is 8.10. The van der Waals surface area contributed by atoms with Crippen LogP contribution in [-0.4, -0.2) is 43.1 Å². The van der Waals surface area contributed by atoms with Crippen molar-refractivity contribution in [1.29, 1.82) is 0 Å². The third-order valence-corrected chi connectivity index (χ3v) is 4.03. The number of amides is 3. The maximum atomic E-state index is 12.4. The van der Waals surface area contributed by atoms with Crippen LogP contribution in [0.25, 0.3) is 0 Å². The van der Waals surface area contributed by atoms with Gasteiger partial charge in [-0.15, -0.1) is 0 Å². The molecule has 3 amide bonds. The molecule has 1 saturated heterocycles. The zero-order valence-corrected chi connectivity index (χ0v) is 14.0. The summed E-state index contributed by atoms with van der Waals surface area (Å²) in [5.74, 6) is 1.19. The van der Waals surface area contributed by atoms with Gasteiger partial charge >= 0.3 is 6.03 Å². The number of urea groups is 1. The van der Waals surface area contributed by atoms with Crippen molar-refractivity contribution >= 4 is 11.9 Å². The van der Waals surface area contributed by atoms with Crippen molar-refractivity contribution in [2.45, 2.75) is 12.5 Å². The lowest BCUT2D eigenvalue weighted by molar-refractivity contribution is -0.127. The van der Waals surface area contributed by atoms with E-state index in [2.05, 4.69) is 5.32 Å². The number of hydrogen-bond acceptors (Lipinski definition) is 4. The third-order valence-electron chi connectivity index (χ3n) is 4.03. The molecule has 0 aliphatic carbocycles. The van der Waals surface area contributed by atoms with Crippen LogP contribution in [0.1, 0.15) is 5.56 Å². The molecule has 1 atom stereocenters. The van der Waals surface area contributed by atoms with Crippen molar-refractivity contribution < 1.29 is 19.1 Å². The molecule has 0 aromatic heterocycles. The summed E-state index contributed by atoms with van der Waals surface area (Å²) < 4.78 is 10.7. The fourth-order valence-corrected chi connectivity index (χ4v) is 2.70. The summed E-state index contributed by atoms with van der Waals surface area (Å²) in [6.45, 7) is 0.450. The number of ether oxygens (including phenoxy) is 2. The second kappa shape index (κ2) is 7.70. The van der Waals surface area contributed by atoms with E-state index in [0.717, 1.165) is 11.3 Å². The monoisotopic (exact) mass is 340 g/mol. The predicted molar refractivity (Wildman–Crippen MR) is 92.7 cm³/mol. The van der Waals surface area contributed by atoms with Crippen molar-refractivity contribution in [3.63, 3.8) is 0 Å². The number of carbonyl (C=O) groups is 2. The van der Waals surface area contributed by atoms with Crippen LogP contribution in [0.5, 0.6) is 11.5 Å². The zero-order valence-electron chi connectivity index (χ0n) is 14.0. The van der Waals surface area contributed by atoms with Crippen LogP contribution in [-0.2, 0) is 11.2 Å². The highest BCUT2D eigenvalue weighted by Crippen LogP contribution is 2.17. The van der Waals surface area contributed by atoms with Gasteiger partial charge in [0.15, 0.2) is 0 Å². The smallest absolute Gasteiger partial charge is 0.324 e. The summed E-state index contributed by atoms with van der Waals surface area (Å²) in [5.41, 5.74) is 1.01. The first-order chi connectivity index (χ1) is 12.2. The van der Waals surface area contributed by atoms with Gasteiger partial charge in [-0.2, -0.15) is 0 Å². The number of imide groups is 1. The normalized spacial score (nSPS) is 16.7. The van der Waals surface area contributed by atoms with E-state index in [-0.39, 0.29) is 25.1 Å². The van der Waals surface area contributed by atoms with Gasteiger partial charge in [-0.1, -0.05) is 30.3 Å². The molecule has 2 aromatic rings. The van der Waals surface area contributed by atoms with Crippen molar-refractivity contribution in [3.8, 4) is 11.5 Å². The molecule has 1 heterocycles. The summed E-state index contributed by atoms with van der Waals surface area (Å²) in [6, 6.07) is 15.9. The number of hydrogen-bond donors (Lipinski definition) is 1. The third kappa shape index (κ3) is 4.09. The van der Waals surface area contributed by atoms with Crippen molar-refractivity contribution in [2.24, 2.45) is 0 Å². The second-order valence-electron chi connectivity index (χ2n) is 5.71. The van der Waals surface area contributed by atoms with Gasteiger partial charge in [-0.25, -0.2) is 4.79 Å². The maximum absolute atomic E-state index is 12.4. The number of nitrogens with zero attached hydrogens (tertiary/aromatic N) is 1. The Morgan fingerprint density at radius 3 is 2.36 bits per heavy atom. The molecule has 1 aliphatic heterocycles. The van der Waals surface area contributed by atoms with Gasteiger partial charge in [0.2, 0.25) is 0 Å². The van der Waals surface area contributed by atoms with Crippen LogP contribution in [0.4, 0.5) is 4.79 Å². The lowest BCUT2D eigenvalue weighted by Crippen LogP contribution is -2.35. The number of methoxy groups -OCH3 is 1. The maximum Gasteiger partial charge on any atom is 0.324 e. The molecule has 1 fully saturated rings. The van der Waals surface area contributed by atoms with Gasteiger partial charge in [0.25, 0.3) is 5.91 Å². The van der Waals surface area contributed by atoms with Crippen LogP contribution in [0, 0.1) is 0 Å². The van der Waals surface area contributed by atoms with Crippen molar-refractivity contribution in [3.05, 3.63) is 60.2 Å².